The fourth-order valence-electron chi connectivity index (χ4n) is 0.972. The molecule has 0 fully saturated rings. The van der Waals surface area contributed by atoms with Crippen LogP contribution in [-0.2, 0) is 4.79 Å². The van der Waals surface area contributed by atoms with Gasteiger partial charge < -0.3 is 5.11 Å². The lowest BCUT2D eigenvalue weighted by Crippen LogP contribution is -2.16. The lowest BCUT2D eigenvalue weighted by atomic mass is 10.2. The summed E-state index contributed by atoms with van der Waals surface area (Å²) in [5.41, 5.74) is 0. The molecule has 0 amide bonds. The Morgan fingerprint density at radius 2 is 2.14 bits per heavy atom. The molecule has 5 heteroatoms. The number of thioether (sulfide) groups is 1. The Morgan fingerprint density at radius 3 is 2.50 bits per heavy atom. The summed E-state index contributed by atoms with van der Waals surface area (Å²) in [7, 11) is 0. The van der Waals surface area contributed by atoms with Gasteiger partial charge in [0.15, 0.2) is 0 Å². The van der Waals surface area contributed by atoms with Crippen LogP contribution in [0.15, 0.2) is 0 Å². The quantitative estimate of drug-likeness (QED) is 0.678. The molecule has 0 radical (unpaired) electrons. The molecule has 0 bridgehead atoms. The van der Waals surface area contributed by atoms with E-state index >= 15 is 0 Å². The van der Waals surface area contributed by atoms with E-state index in [2.05, 4.69) is 0 Å². The van der Waals surface area contributed by atoms with Gasteiger partial charge >= 0.3 is 5.97 Å². The molecule has 0 aliphatic rings. The van der Waals surface area contributed by atoms with Gasteiger partial charge in [0.25, 0.3) is 0 Å². The summed E-state index contributed by atoms with van der Waals surface area (Å²) >= 11 is 1.24. The summed E-state index contributed by atoms with van der Waals surface area (Å²) in [5.74, 6) is -3.01. The van der Waals surface area contributed by atoms with Crippen molar-refractivity contribution in [2.24, 2.45) is 0 Å². The first-order chi connectivity index (χ1) is 6.37. The standard InChI is InChI=1S/C9H16F2O2S/c1-3-7(8(12)13)14-6-4-5-9(2,10)11/h7H,3-6H2,1-2H3,(H,12,13). The first kappa shape index (κ1) is 13.7. The van der Waals surface area contributed by atoms with E-state index in [1.165, 1.54) is 11.8 Å². The van der Waals surface area contributed by atoms with Crippen LogP contribution >= 0.6 is 11.8 Å². The summed E-state index contributed by atoms with van der Waals surface area (Å²) in [5, 5.41) is 8.21. The van der Waals surface area contributed by atoms with Gasteiger partial charge in [-0.3, -0.25) is 4.79 Å². The highest BCUT2D eigenvalue weighted by Gasteiger charge is 2.21. The average Bonchev–Trinajstić information content (AvgIpc) is 2.01. The van der Waals surface area contributed by atoms with E-state index in [1.54, 1.807) is 6.92 Å². The van der Waals surface area contributed by atoms with Gasteiger partial charge in [-0.2, -0.15) is 0 Å². The second kappa shape index (κ2) is 6.22. The third-order valence-electron chi connectivity index (χ3n) is 1.73. The van der Waals surface area contributed by atoms with Crippen LogP contribution in [0.3, 0.4) is 0 Å². The predicted octanol–water partition coefficient (Wildman–Crippen LogP) is 3.02. The monoisotopic (exact) mass is 226 g/mol. The Hall–Kier alpha value is -0.320. The summed E-state index contributed by atoms with van der Waals surface area (Å²) in [6.45, 7) is 2.66. The SMILES string of the molecule is CCC(SCCCC(C)(F)F)C(=O)O. The highest BCUT2D eigenvalue weighted by molar-refractivity contribution is 8.00. The molecule has 0 saturated heterocycles. The zero-order valence-corrected chi connectivity index (χ0v) is 9.24. The van der Waals surface area contributed by atoms with Crippen LogP contribution in [0.1, 0.15) is 33.1 Å². The smallest absolute Gasteiger partial charge is 0.316 e. The Labute approximate surface area is 87.1 Å². The Kier molecular flexibility index (Phi) is 6.08. The number of hydrogen-bond donors (Lipinski definition) is 1. The molecule has 84 valence electrons. The van der Waals surface area contributed by atoms with E-state index in [0.717, 1.165) is 6.92 Å². The second-order valence-electron chi connectivity index (χ2n) is 3.28. The summed E-state index contributed by atoms with van der Waals surface area (Å²) in [6, 6.07) is 0. The lowest BCUT2D eigenvalue weighted by Gasteiger charge is -2.11. The maximum Gasteiger partial charge on any atom is 0.316 e. The molecule has 0 aromatic rings. The molecule has 2 nitrogen and oxygen atoms in total. The number of aliphatic carboxylic acids is 1. The molecule has 0 aliphatic heterocycles. The first-order valence-electron chi connectivity index (χ1n) is 4.59. The van der Waals surface area contributed by atoms with E-state index < -0.39 is 17.1 Å². The second-order valence-corrected chi connectivity index (χ2v) is 4.59. The Bertz CT molecular complexity index is 180. The van der Waals surface area contributed by atoms with Gasteiger partial charge in [-0.1, -0.05) is 6.92 Å². The molecule has 0 aliphatic carbocycles. The molecular weight excluding hydrogens is 210 g/mol. The molecule has 0 aromatic heterocycles. The predicted molar refractivity (Wildman–Crippen MR) is 54.0 cm³/mol. The largest absolute Gasteiger partial charge is 0.480 e. The molecule has 0 spiro atoms. The van der Waals surface area contributed by atoms with Crippen molar-refractivity contribution < 1.29 is 18.7 Å². The molecule has 0 heterocycles. The van der Waals surface area contributed by atoms with E-state index in [0.29, 0.717) is 18.6 Å². The van der Waals surface area contributed by atoms with E-state index in [4.69, 9.17) is 5.11 Å². The zero-order chi connectivity index (χ0) is 11.2. The van der Waals surface area contributed by atoms with Crippen molar-refractivity contribution in [3.05, 3.63) is 0 Å². The Balaban J connectivity index is 3.58. The van der Waals surface area contributed by atoms with E-state index in [1.807, 2.05) is 0 Å². The normalized spacial score (nSPS) is 14.0. The van der Waals surface area contributed by atoms with Crippen LogP contribution in [-0.4, -0.2) is 28.0 Å². The fraction of sp³-hybridized carbons (Fsp3) is 0.889. The first-order valence-corrected chi connectivity index (χ1v) is 5.64. The number of carbonyl (C=O) groups is 1. The van der Waals surface area contributed by atoms with Crippen LogP contribution in [0, 0.1) is 0 Å². The van der Waals surface area contributed by atoms with Crippen molar-refractivity contribution in [1.82, 2.24) is 0 Å². The van der Waals surface area contributed by atoms with Crippen molar-refractivity contribution in [3.8, 4) is 0 Å². The molecule has 1 atom stereocenters. The van der Waals surface area contributed by atoms with Crippen LogP contribution in [0.25, 0.3) is 0 Å². The van der Waals surface area contributed by atoms with Crippen LogP contribution < -0.4 is 0 Å². The third-order valence-corrected chi connectivity index (χ3v) is 3.19. The minimum absolute atomic E-state index is 0.171. The van der Waals surface area contributed by atoms with Gasteiger partial charge in [-0.05, 0) is 25.5 Å². The van der Waals surface area contributed by atoms with Gasteiger partial charge in [-0.25, -0.2) is 8.78 Å². The molecular formula is C9H16F2O2S. The summed E-state index contributed by atoms with van der Waals surface area (Å²) in [4.78, 5) is 10.6. The molecule has 0 rings (SSSR count). The van der Waals surface area contributed by atoms with Gasteiger partial charge in [0.05, 0.1) is 0 Å². The zero-order valence-electron chi connectivity index (χ0n) is 8.43. The highest BCUT2D eigenvalue weighted by atomic mass is 32.2. The van der Waals surface area contributed by atoms with Gasteiger partial charge in [0, 0.05) is 6.42 Å². The molecule has 1 N–H and O–H groups in total. The van der Waals surface area contributed by atoms with Crippen molar-refractivity contribution in [1.29, 1.82) is 0 Å². The number of alkyl halides is 2. The third kappa shape index (κ3) is 7.12. The van der Waals surface area contributed by atoms with Gasteiger partial charge in [0.2, 0.25) is 5.92 Å². The Morgan fingerprint density at radius 1 is 1.57 bits per heavy atom. The minimum atomic E-state index is -2.63. The maximum atomic E-state index is 12.4. The number of halogens is 2. The minimum Gasteiger partial charge on any atom is -0.480 e. The lowest BCUT2D eigenvalue weighted by molar-refractivity contribution is -0.136. The molecule has 0 aromatic carbocycles. The molecule has 0 saturated carbocycles. The average molecular weight is 226 g/mol. The van der Waals surface area contributed by atoms with Crippen molar-refractivity contribution in [2.75, 3.05) is 5.75 Å². The van der Waals surface area contributed by atoms with Crippen LogP contribution in [0.4, 0.5) is 8.78 Å². The number of rotatable bonds is 7. The van der Waals surface area contributed by atoms with E-state index in [9.17, 15) is 13.6 Å². The van der Waals surface area contributed by atoms with Gasteiger partial charge in [-0.15, -0.1) is 11.8 Å². The number of carboxylic acid groups (broad SMARTS) is 1. The topological polar surface area (TPSA) is 37.3 Å². The van der Waals surface area contributed by atoms with Crippen LogP contribution in [0.2, 0.25) is 0 Å². The van der Waals surface area contributed by atoms with Gasteiger partial charge in [0.1, 0.15) is 5.25 Å². The van der Waals surface area contributed by atoms with E-state index in [-0.39, 0.29) is 6.42 Å². The number of hydrogen-bond acceptors (Lipinski definition) is 2. The molecule has 1 unspecified atom stereocenters. The fourth-order valence-corrected chi connectivity index (χ4v) is 1.95. The van der Waals surface area contributed by atoms with Crippen molar-refractivity contribution in [2.45, 2.75) is 44.3 Å². The maximum absolute atomic E-state index is 12.4. The van der Waals surface area contributed by atoms with Crippen molar-refractivity contribution >= 4 is 17.7 Å². The number of carboxylic acids is 1. The summed E-state index contributed by atoms with van der Waals surface area (Å²) in [6.07, 6.45) is 0.719. The highest BCUT2D eigenvalue weighted by Crippen LogP contribution is 2.22. The molecule has 14 heavy (non-hydrogen) atoms. The van der Waals surface area contributed by atoms with Crippen LogP contribution in [0.5, 0.6) is 0 Å². The van der Waals surface area contributed by atoms with Crippen molar-refractivity contribution in [3.63, 3.8) is 0 Å². The summed E-state index contributed by atoms with van der Waals surface area (Å²) < 4.78 is 24.7.